The standard InChI is InChI=1S/C11H9ClO2/c1-2-11(13)14-8-7-9-3-5-10(12)6-4-9/h1,3-6H,7-8H2. The van der Waals surface area contributed by atoms with E-state index >= 15 is 0 Å². The molecule has 0 amide bonds. The molecule has 1 aromatic rings. The van der Waals surface area contributed by atoms with Gasteiger partial charge in [-0.3, -0.25) is 0 Å². The van der Waals surface area contributed by atoms with Crippen molar-refractivity contribution in [3.8, 4) is 12.3 Å². The van der Waals surface area contributed by atoms with Crippen LogP contribution >= 0.6 is 11.6 Å². The van der Waals surface area contributed by atoms with E-state index in [0.29, 0.717) is 18.1 Å². The molecule has 1 aromatic carbocycles. The largest absolute Gasteiger partial charge is 0.456 e. The first kappa shape index (κ1) is 10.6. The number of carbonyl (C=O) groups is 1. The van der Waals surface area contributed by atoms with E-state index in [1.165, 1.54) is 0 Å². The molecule has 0 aliphatic rings. The van der Waals surface area contributed by atoms with Gasteiger partial charge in [0.25, 0.3) is 0 Å². The van der Waals surface area contributed by atoms with Crippen molar-refractivity contribution >= 4 is 17.6 Å². The molecular weight excluding hydrogens is 200 g/mol. The molecule has 0 saturated heterocycles. The summed E-state index contributed by atoms with van der Waals surface area (Å²) in [6, 6.07) is 7.35. The van der Waals surface area contributed by atoms with Crippen molar-refractivity contribution in [3.05, 3.63) is 34.9 Å². The Kier molecular flexibility index (Phi) is 4.03. The van der Waals surface area contributed by atoms with Crippen molar-refractivity contribution in [2.75, 3.05) is 6.61 Å². The van der Waals surface area contributed by atoms with Gasteiger partial charge in [-0.2, -0.15) is 0 Å². The third-order valence-corrected chi connectivity index (χ3v) is 1.91. The number of carbonyl (C=O) groups excluding carboxylic acids is 1. The lowest BCUT2D eigenvalue weighted by molar-refractivity contribution is -0.136. The van der Waals surface area contributed by atoms with Crippen molar-refractivity contribution in [1.82, 2.24) is 0 Å². The molecule has 1 rings (SSSR count). The van der Waals surface area contributed by atoms with E-state index in [9.17, 15) is 4.79 Å². The molecule has 0 radical (unpaired) electrons. The number of hydrogen-bond acceptors (Lipinski definition) is 2. The van der Waals surface area contributed by atoms with E-state index in [0.717, 1.165) is 5.56 Å². The second-order valence-corrected chi connectivity index (χ2v) is 3.09. The van der Waals surface area contributed by atoms with Crippen molar-refractivity contribution in [1.29, 1.82) is 0 Å². The maximum Gasteiger partial charge on any atom is 0.384 e. The SMILES string of the molecule is C#CC(=O)OCCc1ccc(Cl)cc1. The lowest BCUT2D eigenvalue weighted by atomic mass is 10.2. The lowest BCUT2D eigenvalue weighted by Gasteiger charge is -2.01. The first-order chi connectivity index (χ1) is 6.72. The highest BCUT2D eigenvalue weighted by molar-refractivity contribution is 6.30. The molecule has 0 saturated carbocycles. The third-order valence-electron chi connectivity index (χ3n) is 1.66. The van der Waals surface area contributed by atoms with E-state index in [4.69, 9.17) is 22.8 Å². The molecule has 0 fully saturated rings. The predicted octanol–water partition coefficient (Wildman–Crippen LogP) is 2.06. The molecule has 0 aliphatic heterocycles. The molecule has 0 aliphatic carbocycles. The molecule has 0 bridgehead atoms. The van der Waals surface area contributed by atoms with Gasteiger partial charge in [-0.05, 0) is 17.7 Å². The zero-order valence-electron chi connectivity index (χ0n) is 7.50. The third kappa shape index (κ3) is 3.51. The molecule has 2 nitrogen and oxygen atoms in total. The van der Waals surface area contributed by atoms with E-state index in [1.54, 1.807) is 12.1 Å². The van der Waals surface area contributed by atoms with E-state index in [1.807, 2.05) is 18.1 Å². The zero-order chi connectivity index (χ0) is 10.4. The van der Waals surface area contributed by atoms with Crippen LogP contribution in [0.1, 0.15) is 5.56 Å². The summed E-state index contributed by atoms with van der Waals surface area (Å²) < 4.78 is 4.72. The van der Waals surface area contributed by atoms with Crippen molar-refractivity contribution < 1.29 is 9.53 Å². The van der Waals surface area contributed by atoms with Crippen LogP contribution < -0.4 is 0 Å². The van der Waals surface area contributed by atoms with Gasteiger partial charge >= 0.3 is 5.97 Å². The van der Waals surface area contributed by atoms with E-state index < -0.39 is 5.97 Å². The van der Waals surface area contributed by atoms with Gasteiger partial charge in [-0.25, -0.2) is 4.79 Å². The number of terminal acetylenes is 1. The lowest BCUT2D eigenvalue weighted by Crippen LogP contribution is -2.04. The monoisotopic (exact) mass is 208 g/mol. The second-order valence-electron chi connectivity index (χ2n) is 2.66. The average Bonchev–Trinajstić information content (AvgIpc) is 2.21. The Morgan fingerprint density at radius 1 is 1.43 bits per heavy atom. The maximum absolute atomic E-state index is 10.6. The highest BCUT2D eigenvalue weighted by atomic mass is 35.5. The number of rotatable bonds is 3. The number of halogens is 1. The summed E-state index contributed by atoms with van der Waals surface area (Å²) in [5.41, 5.74) is 1.05. The number of hydrogen-bond donors (Lipinski definition) is 0. The first-order valence-corrected chi connectivity index (χ1v) is 4.48. The van der Waals surface area contributed by atoms with Crippen LogP contribution in [0.25, 0.3) is 0 Å². The van der Waals surface area contributed by atoms with Gasteiger partial charge in [0, 0.05) is 17.4 Å². The minimum Gasteiger partial charge on any atom is -0.456 e. The topological polar surface area (TPSA) is 26.3 Å². The minimum atomic E-state index is -0.626. The summed E-state index contributed by atoms with van der Waals surface area (Å²) >= 11 is 5.71. The van der Waals surface area contributed by atoms with Gasteiger partial charge < -0.3 is 4.74 Å². The van der Waals surface area contributed by atoms with Gasteiger partial charge in [0.1, 0.15) is 0 Å². The van der Waals surface area contributed by atoms with Crippen LogP contribution in [0.4, 0.5) is 0 Å². The van der Waals surface area contributed by atoms with Crippen molar-refractivity contribution in [3.63, 3.8) is 0 Å². The van der Waals surface area contributed by atoms with Crippen LogP contribution in [0.15, 0.2) is 24.3 Å². The molecule has 0 heterocycles. The number of ether oxygens (including phenoxy) is 1. The molecular formula is C11H9ClO2. The van der Waals surface area contributed by atoms with Gasteiger partial charge in [0.15, 0.2) is 0 Å². The van der Waals surface area contributed by atoms with Crippen molar-refractivity contribution in [2.24, 2.45) is 0 Å². The van der Waals surface area contributed by atoms with Crippen LogP contribution in [-0.2, 0) is 16.0 Å². The maximum atomic E-state index is 10.6. The Morgan fingerprint density at radius 3 is 2.64 bits per heavy atom. The Morgan fingerprint density at radius 2 is 2.07 bits per heavy atom. The fourth-order valence-electron chi connectivity index (χ4n) is 0.954. The van der Waals surface area contributed by atoms with Gasteiger partial charge in [-0.15, -0.1) is 6.42 Å². The molecule has 0 spiro atoms. The van der Waals surface area contributed by atoms with E-state index in [-0.39, 0.29) is 0 Å². The molecule has 14 heavy (non-hydrogen) atoms. The van der Waals surface area contributed by atoms with Crippen molar-refractivity contribution in [2.45, 2.75) is 6.42 Å². The van der Waals surface area contributed by atoms with Crippen LogP contribution in [-0.4, -0.2) is 12.6 Å². The minimum absolute atomic E-state index is 0.296. The molecule has 72 valence electrons. The molecule has 0 atom stereocenters. The molecule has 0 unspecified atom stereocenters. The van der Waals surface area contributed by atoms with Crippen LogP contribution in [0.5, 0.6) is 0 Å². The summed E-state index contributed by atoms with van der Waals surface area (Å²) in [6.45, 7) is 0.296. The number of benzene rings is 1. The second kappa shape index (κ2) is 5.31. The Labute approximate surface area is 87.8 Å². The summed E-state index contributed by atoms with van der Waals surface area (Å²) in [5.74, 6) is 1.25. The molecule has 0 N–H and O–H groups in total. The van der Waals surface area contributed by atoms with Crippen LogP contribution in [0.2, 0.25) is 5.02 Å². The fraction of sp³-hybridized carbons (Fsp3) is 0.182. The fourth-order valence-corrected chi connectivity index (χ4v) is 1.08. The summed E-state index contributed by atoms with van der Waals surface area (Å²) in [7, 11) is 0. The van der Waals surface area contributed by atoms with Gasteiger partial charge in [0.2, 0.25) is 0 Å². The first-order valence-electron chi connectivity index (χ1n) is 4.10. The van der Waals surface area contributed by atoms with Gasteiger partial charge in [-0.1, -0.05) is 23.7 Å². The highest BCUT2D eigenvalue weighted by Crippen LogP contribution is 2.09. The van der Waals surface area contributed by atoms with E-state index in [2.05, 4.69) is 0 Å². The predicted molar refractivity (Wildman–Crippen MR) is 54.9 cm³/mol. The van der Waals surface area contributed by atoms with Crippen LogP contribution in [0, 0.1) is 12.3 Å². The molecule has 3 heteroatoms. The quantitative estimate of drug-likeness (QED) is 0.432. The summed E-state index contributed by atoms with van der Waals surface area (Å²) in [4.78, 5) is 10.6. The summed E-state index contributed by atoms with van der Waals surface area (Å²) in [6.07, 6.45) is 5.47. The Hall–Kier alpha value is -1.46. The van der Waals surface area contributed by atoms with Crippen LogP contribution in [0.3, 0.4) is 0 Å². The van der Waals surface area contributed by atoms with Gasteiger partial charge in [0.05, 0.1) is 6.61 Å². The average molecular weight is 209 g/mol. The highest BCUT2D eigenvalue weighted by Gasteiger charge is 1.97. The molecule has 0 aromatic heterocycles. The Bertz CT molecular complexity index is 349. The zero-order valence-corrected chi connectivity index (χ0v) is 8.25. The smallest absolute Gasteiger partial charge is 0.384 e. The number of esters is 1. The Balaban J connectivity index is 2.36. The summed E-state index contributed by atoms with van der Waals surface area (Å²) in [5, 5.41) is 0.689. The normalized spacial score (nSPS) is 9.14.